The monoisotopic (exact) mass is 240 g/mol. The number of hydrogen-bond donors (Lipinski definition) is 0. The van der Waals surface area contributed by atoms with Crippen LogP contribution in [0.3, 0.4) is 0 Å². The first-order chi connectivity index (χ1) is 8.33. The molecular formula is C14H12N2S. The van der Waals surface area contributed by atoms with Gasteiger partial charge in [-0.25, -0.2) is 0 Å². The molecule has 0 saturated carbocycles. The summed E-state index contributed by atoms with van der Waals surface area (Å²) in [4.78, 5) is 0. The fourth-order valence-corrected chi connectivity index (χ4v) is 2.38. The summed E-state index contributed by atoms with van der Waals surface area (Å²) < 4.78 is 2.14. The van der Waals surface area contributed by atoms with Crippen LogP contribution in [0, 0.1) is 0 Å². The molecule has 0 spiro atoms. The van der Waals surface area contributed by atoms with Crippen molar-refractivity contribution in [3.05, 3.63) is 48.5 Å². The summed E-state index contributed by atoms with van der Waals surface area (Å²) in [5.41, 5.74) is 4.01. The average Bonchev–Trinajstić information content (AvgIpc) is 2.72. The third-order valence-corrected chi connectivity index (χ3v) is 3.33. The third-order valence-electron chi connectivity index (χ3n) is 3.02. The van der Waals surface area contributed by atoms with Crippen molar-refractivity contribution in [1.29, 1.82) is 0 Å². The van der Waals surface area contributed by atoms with E-state index in [1.54, 1.807) is 5.49 Å². The Morgan fingerprint density at radius 3 is 1.88 bits per heavy atom. The SMILES string of the molecule is CN(C=S)n1c2ccccc2c2ccccc21. The smallest absolute Gasteiger partial charge is 0.0842 e. The Morgan fingerprint density at radius 2 is 1.41 bits per heavy atom. The van der Waals surface area contributed by atoms with Crippen molar-refractivity contribution < 1.29 is 0 Å². The molecule has 0 fully saturated rings. The van der Waals surface area contributed by atoms with Crippen LogP contribution in [0.25, 0.3) is 21.8 Å². The van der Waals surface area contributed by atoms with Gasteiger partial charge < -0.3 is 0 Å². The molecule has 0 N–H and O–H groups in total. The number of hydrogen-bond acceptors (Lipinski definition) is 1. The lowest BCUT2D eigenvalue weighted by Gasteiger charge is -2.17. The molecule has 1 aromatic heterocycles. The fraction of sp³-hybridized carbons (Fsp3) is 0.0714. The molecule has 0 unspecified atom stereocenters. The standard InChI is InChI=1S/C14H12N2S/c1-15(10-17)16-13-8-4-2-6-11(13)12-7-3-5-9-14(12)16/h2-10H,1H3. The highest BCUT2D eigenvalue weighted by Crippen LogP contribution is 2.28. The van der Waals surface area contributed by atoms with Crippen LogP contribution in [-0.2, 0) is 0 Å². The largest absolute Gasteiger partial charge is 0.280 e. The van der Waals surface area contributed by atoms with E-state index < -0.39 is 0 Å². The van der Waals surface area contributed by atoms with Crippen LogP contribution in [0.1, 0.15) is 0 Å². The molecule has 0 aliphatic rings. The predicted molar refractivity (Wildman–Crippen MR) is 77.2 cm³/mol. The second-order valence-corrected chi connectivity index (χ2v) is 4.24. The number of thiocarbonyl (C=S) groups is 1. The molecule has 0 saturated heterocycles. The number of nitrogens with zero attached hydrogens (tertiary/aromatic N) is 2. The van der Waals surface area contributed by atoms with Gasteiger partial charge in [0.25, 0.3) is 0 Å². The summed E-state index contributed by atoms with van der Waals surface area (Å²) in [5, 5.41) is 4.44. The number of benzene rings is 2. The summed E-state index contributed by atoms with van der Waals surface area (Å²) in [5.74, 6) is 0. The van der Waals surface area contributed by atoms with Gasteiger partial charge in [-0.2, -0.15) is 0 Å². The van der Waals surface area contributed by atoms with Crippen molar-refractivity contribution in [3.8, 4) is 0 Å². The Kier molecular flexibility index (Phi) is 2.34. The molecule has 1 heterocycles. The molecule has 3 rings (SSSR count). The zero-order valence-electron chi connectivity index (χ0n) is 9.50. The van der Waals surface area contributed by atoms with Crippen LogP contribution >= 0.6 is 12.2 Å². The van der Waals surface area contributed by atoms with Crippen molar-refractivity contribution in [2.24, 2.45) is 0 Å². The normalized spacial score (nSPS) is 10.9. The van der Waals surface area contributed by atoms with E-state index in [2.05, 4.69) is 53.2 Å². The van der Waals surface area contributed by atoms with Crippen LogP contribution < -0.4 is 5.01 Å². The highest BCUT2D eigenvalue weighted by Gasteiger charge is 2.10. The molecule has 3 aromatic rings. The van der Waals surface area contributed by atoms with Crippen LogP contribution in [0.4, 0.5) is 0 Å². The first-order valence-electron chi connectivity index (χ1n) is 5.49. The maximum atomic E-state index is 5.03. The number of fused-ring (bicyclic) bond motifs is 3. The second-order valence-electron chi connectivity index (χ2n) is 4.03. The van der Waals surface area contributed by atoms with Gasteiger partial charge in [0.2, 0.25) is 0 Å². The van der Waals surface area contributed by atoms with E-state index >= 15 is 0 Å². The average molecular weight is 240 g/mol. The minimum atomic E-state index is 1.18. The van der Waals surface area contributed by atoms with Crippen molar-refractivity contribution in [1.82, 2.24) is 4.68 Å². The summed E-state index contributed by atoms with van der Waals surface area (Å²) in [6.45, 7) is 0. The van der Waals surface area contributed by atoms with Crippen molar-refractivity contribution in [2.45, 2.75) is 0 Å². The van der Waals surface area contributed by atoms with E-state index in [0.29, 0.717) is 0 Å². The molecule has 0 amide bonds. The zero-order chi connectivity index (χ0) is 11.8. The van der Waals surface area contributed by atoms with Gasteiger partial charge in [0.1, 0.15) is 0 Å². The minimum Gasteiger partial charge on any atom is -0.280 e. The topological polar surface area (TPSA) is 8.17 Å². The Labute approximate surface area is 105 Å². The molecule has 0 aliphatic heterocycles. The third kappa shape index (κ3) is 1.43. The van der Waals surface area contributed by atoms with Gasteiger partial charge in [-0.05, 0) is 12.1 Å². The quantitative estimate of drug-likeness (QED) is 0.635. The lowest BCUT2D eigenvalue weighted by Crippen LogP contribution is -2.26. The van der Waals surface area contributed by atoms with Crippen LogP contribution in [0.2, 0.25) is 0 Å². The first kappa shape index (κ1) is 10.3. The number of rotatable bonds is 2. The molecule has 0 atom stereocenters. The van der Waals surface area contributed by atoms with E-state index in [1.807, 2.05) is 12.1 Å². The summed E-state index contributed by atoms with van der Waals surface area (Å²) >= 11 is 5.03. The van der Waals surface area contributed by atoms with Crippen molar-refractivity contribution in [3.63, 3.8) is 0 Å². The lowest BCUT2D eigenvalue weighted by atomic mass is 10.2. The maximum Gasteiger partial charge on any atom is 0.0842 e. The maximum absolute atomic E-state index is 5.03. The van der Waals surface area contributed by atoms with Gasteiger partial charge >= 0.3 is 0 Å². The second kappa shape index (κ2) is 3.86. The van der Waals surface area contributed by atoms with Crippen molar-refractivity contribution in [2.75, 3.05) is 12.1 Å². The van der Waals surface area contributed by atoms with Gasteiger partial charge in [0.15, 0.2) is 0 Å². The minimum absolute atomic E-state index is 1.18. The van der Waals surface area contributed by atoms with Crippen LogP contribution in [0.5, 0.6) is 0 Å². The predicted octanol–water partition coefficient (Wildman–Crippen LogP) is 3.32. The van der Waals surface area contributed by atoms with Gasteiger partial charge in [-0.15, -0.1) is 0 Å². The zero-order valence-corrected chi connectivity index (χ0v) is 10.3. The fourth-order valence-electron chi connectivity index (χ4n) is 2.29. The van der Waals surface area contributed by atoms with Gasteiger partial charge in [0.05, 0.1) is 16.5 Å². The summed E-state index contributed by atoms with van der Waals surface area (Å²) in [6.07, 6.45) is 0. The van der Waals surface area contributed by atoms with Gasteiger partial charge in [-0.1, -0.05) is 48.6 Å². The summed E-state index contributed by atoms with van der Waals surface area (Å²) in [6, 6.07) is 16.8. The Hall–Kier alpha value is -1.87. The molecule has 0 aliphatic carbocycles. The molecule has 2 nitrogen and oxygen atoms in total. The molecule has 0 radical (unpaired) electrons. The Balaban J connectivity index is 2.54. The molecule has 0 bridgehead atoms. The van der Waals surface area contributed by atoms with E-state index in [1.165, 1.54) is 21.8 Å². The highest BCUT2D eigenvalue weighted by atomic mass is 32.1. The Morgan fingerprint density at radius 1 is 0.941 bits per heavy atom. The van der Waals surface area contributed by atoms with Crippen LogP contribution in [0.15, 0.2) is 48.5 Å². The molecular weight excluding hydrogens is 228 g/mol. The molecule has 2 aromatic carbocycles. The summed E-state index contributed by atoms with van der Waals surface area (Å²) in [7, 11) is 1.96. The Bertz CT molecular complexity index is 646. The highest BCUT2D eigenvalue weighted by molar-refractivity contribution is 7.79. The van der Waals surface area contributed by atoms with E-state index in [-0.39, 0.29) is 0 Å². The number of para-hydroxylation sites is 2. The van der Waals surface area contributed by atoms with E-state index in [9.17, 15) is 0 Å². The molecule has 3 heteroatoms. The number of aromatic nitrogens is 1. The van der Waals surface area contributed by atoms with Crippen LogP contribution in [-0.4, -0.2) is 17.2 Å². The molecule has 17 heavy (non-hydrogen) atoms. The van der Waals surface area contributed by atoms with E-state index in [0.717, 1.165) is 0 Å². The van der Waals surface area contributed by atoms with Gasteiger partial charge in [-0.3, -0.25) is 9.69 Å². The van der Waals surface area contributed by atoms with E-state index in [4.69, 9.17) is 12.2 Å². The molecule has 84 valence electrons. The van der Waals surface area contributed by atoms with Gasteiger partial charge in [0, 0.05) is 17.8 Å². The lowest BCUT2D eigenvalue weighted by molar-refractivity contribution is 0.886. The first-order valence-corrected chi connectivity index (χ1v) is 5.96. The van der Waals surface area contributed by atoms with Crippen molar-refractivity contribution >= 4 is 39.5 Å².